The molecule has 0 spiro atoms. The average Bonchev–Trinajstić information content (AvgIpc) is 2.81. The number of halogens is 2. The number of H-pyrrole nitrogens is 1. The minimum atomic E-state index is 0. The molecule has 0 radical (unpaired) electrons. The first kappa shape index (κ1) is 14.1. The maximum absolute atomic E-state index is 12.5. The molecule has 3 rings (SSSR count). The summed E-state index contributed by atoms with van der Waals surface area (Å²) in [5, 5.41) is 3.41. The van der Waals surface area contributed by atoms with Crippen LogP contribution < -0.4 is 5.32 Å². The molecule has 100 valence electrons. The molecule has 18 heavy (non-hydrogen) atoms. The second kappa shape index (κ2) is 5.79. The van der Waals surface area contributed by atoms with Crippen molar-refractivity contribution in [1.29, 1.82) is 0 Å². The molecule has 0 aliphatic carbocycles. The third-order valence-electron chi connectivity index (χ3n) is 3.77. The minimum Gasteiger partial charge on any atom is -0.356 e. The standard InChI is InChI=1S/C12H16IN3O.ClH/c13-8-5-11(15-6-8)12(17)16-9-1-2-10(16)7-14-4-3-9;/h5-6,9-10,14-15H,1-4,7H2;1H. The molecular weight excluding hydrogens is 365 g/mol. The second-order valence-electron chi connectivity index (χ2n) is 4.82. The zero-order valence-corrected chi connectivity index (χ0v) is 13.0. The molecule has 1 aromatic rings. The summed E-state index contributed by atoms with van der Waals surface area (Å²) in [5.74, 6) is 0.170. The van der Waals surface area contributed by atoms with Crippen LogP contribution in [0.5, 0.6) is 0 Å². The van der Waals surface area contributed by atoms with E-state index in [0.717, 1.165) is 41.6 Å². The summed E-state index contributed by atoms with van der Waals surface area (Å²) in [4.78, 5) is 17.7. The fourth-order valence-corrected chi connectivity index (χ4v) is 3.41. The van der Waals surface area contributed by atoms with Crippen molar-refractivity contribution in [1.82, 2.24) is 15.2 Å². The third kappa shape index (κ3) is 2.53. The highest BCUT2D eigenvalue weighted by Crippen LogP contribution is 2.29. The highest BCUT2D eigenvalue weighted by molar-refractivity contribution is 14.1. The summed E-state index contributed by atoms with van der Waals surface area (Å²) in [6, 6.07) is 2.75. The molecule has 4 nitrogen and oxygen atoms in total. The van der Waals surface area contributed by atoms with E-state index in [4.69, 9.17) is 0 Å². The molecule has 2 bridgehead atoms. The number of carbonyl (C=O) groups excluding carboxylic acids is 1. The first-order chi connectivity index (χ1) is 8.25. The monoisotopic (exact) mass is 381 g/mol. The number of aromatic nitrogens is 1. The molecule has 2 aliphatic heterocycles. The molecule has 2 saturated heterocycles. The Balaban J connectivity index is 0.00000120. The number of rotatable bonds is 1. The smallest absolute Gasteiger partial charge is 0.270 e. The van der Waals surface area contributed by atoms with E-state index in [1.807, 2.05) is 12.3 Å². The van der Waals surface area contributed by atoms with Crippen molar-refractivity contribution in [3.63, 3.8) is 0 Å². The number of nitrogens with zero attached hydrogens (tertiary/aromatic N) is 1. The van der Waals surface area contributed by atoms with Gasteiger partial charge in [-0.1, -0.05) is 0 Å². The van der Waals surface area contributed by atoms with Gasteiger partial charge in [-0.05, 0) is 54.5 Å². The van der Waals surface area contributed by atoms with E-state index in [0.29, 0.717) is 12.1 Å². The number of hydrogen-bond donors (Lipinski definition) is 2. The molecule has 1 aromatic heterocycles. The van der Waals surface area contributed by atoms with Crippen LogP contribution in [0.2, 0.25) is 0 Å². The molecule has 2 N–H and O–H groups in total. The van der Waals surface area contributed by atoms with Crippen LogP contribution in [0.4, 0.5) is 0 Å². The van der Waals surface area contributed by atoms with Crippen molar-refractivity contribution in [3.8, 4) is 0 Å². The van der Waals surface area contributed by atoms with Crippen LogP contribution in [0.25, 0.3) is 0 Å². The predicted molar refractivity (Wildman–Crippen MR) is 81.2 cm³/mol. The van der Waals surface area contributed by atoms with E-state index in [2.05, 4.69) is 37.8 Å². The molecule has 0 saturated carbocycles. The highest BCUT2D eigenvalue weighted by Gasteiger charge is 2.38. The third-order valence-corrected chi connectivity index (χ3v) is 4.39. The van der Waals surface area contributed by atoms with Gasteiger partial charge >= 0.3 is 0 Å². The molecule has 2 atom stereocenters. The van der Waals surface area contributed by atoms with Gasteiger partial charge in [0.25, 0.3) is 5.91 Å². The van der Waals surface area contributed by atoms with Crippen molar-refractivity contribution in [3.05, 3.63) is 21.5 Å². The Kier molecular flexibility index (Phi) is 4.55. The quantitative estimate of drug-likeness (QED) is 0.731. The van der Waals surface area contributed by atoms with Crippen molar-refractivity contribution in [2.45, 2.75) is 31.3 Å². The maximum Gasteiger partial charge on any atom is 0.270 e. The topological polar surface area (TPSA) is 48.1 Å². The lowest BCUT2D eigenvalue weighted by atomic mass is 10.1. The van der Waals surface area contributed by atoms with Gasteiger partial charge in [-0.25, -0.2) is 0 Å². The molecule has 1 amide bonds. The summed E-state index contributed by atoms with van der Waals surface area (Å²) < 4.78 is 1.09. The van der Waals surface area contributed by atoms with Crippen LogP contribution in [-0.2, 0) is 0 Å². The van der Waals surface area contributed by atoms with Crippen molar-refractivity contribution in [2.24, 2.45) is 0 Å². The number of nitrogens with one attached hydrogen (secondary N) is 2. The Labute approximate surface area is 126 Å². The van der Waals surface area contributed by atoms with Crippen LogP contribution in [0.15, 0.2) is 12.3 Å². The van der Waals surface area contributed by atoms with Gasteiger partial charge in [0.05, 0.1) is 0 Å². The lowest BCUT2D eigenvalue weighted by Crippen LogP contribution is -2.42. The molecule has 2 unspecified atom stereocenters. The first-order valence-electron chi connectivity index (χ1n) is 6.13. The summed E-state index contributed by atoms with van der Waals surface area (Å²) in [5.41, 5.74) is 0.730. The van der Waals surface area contributed by atoms with Gasteiger partial charge in [0.2, 0.25) is 0 Å². The zero-order valence-electron chi connectivity index (χ0n) is 9.99. The maximum atomic E-state index is 12.5. The van der Waals surface area contributed by atoms with Gasteiger partial charge < -0.3 is 15.2 Å². The first-order valence-corrected chi connectivity index (χ1v) is 7.21. The van der Waals surface area contributed by atoms with Gasteiger partial charge in [-0.2, -0.15) is 0 Å². The summed E-state index contributed by atoms with van der Waals surface area (Å²) >= 11 is 2.22. The van der Waals surface area contributed by atoms with E-state index < -0.39 is 0 Å². The second-order valence-corrected chi connectivity index (χ2v) is 6.07. The molecule has 3 heterocycles. The highest BCUT2D eigenvalue weighted by atomic mass is 127. The Morgan fingerprint density at radius 3 is 2.83 bits per heavy atom. The zero-order chi connectivity index (χ0) is 11.8. The van der Waals surface area contributed by atoms with Crippen LogP contribution in [0, 0.1) is 3.57 Å². The molecule has 2 aliphatic rings. The lowest BCUT2D eigenvalue weighted by Gasteiger charge is -2.27. The Morgan fingerprint density at radius 1 is 1.33 bits per heavy atom. The average molecular weight is 382 g/mol. The van der Waals surface area contributed by atoms with Crippen molar-refractivity contribution < 1.29 is 4.79 Å². The van der Waals surface area contributed by atoms with Crippen LogP contribution >= 0.6 is 35.0 Å². The predicted octanol–water partition coefficient (Wildman–Crippen LogP) is 2.01. The normalized spacial score (nSPS) is 26.6. The number of hydrogen-bond acceptors (Lipinski definition) is 2. The number of aromatic amines is 1. The minimum absolute atomic E-state index is 0. The van der Waals surface area contributed by atoms with E-state index >= 15 is 0 Å². The van der Waals surface area contributed by atoms with Crippen molar-refractivity contribution in [2.75, 3.05) is 13.1 Å². The number of carbonyl (C=O) groups is 1. The van der Waals surface area contributed by atoms with E-state index in [9.17, 15) is 4.79 Å². The van der Waals surface area contributed by atoms with Gasteiger partial charge in [0.15, 0.2) is 0 Å². The van der Waals surface area contributed by atoms with Gasteiger partial charge in [-0.3, -0.25) is 4.79 Å². The lowest BCUT2D eigenvalue weighted by molar-refractivity contribution is 0.0675. The Hall–Kier alpha value is -0.270. The molecule has 2 fully saturated rings. The molecule has 6 heteroatoms. The summed E-state index contributed by atoms with van der Waals surface area (Å²) in [6.45, 7) is 1.98. The van der Waals surface area contributed by atoms with E-state index in [1.165, 1.54) is 0 Å². The summed E-state index contributed by atoms with van der Waals surface area (Å²) in [7, 11) is 0. The van der Waals surface area contributed by atoms with Gasteiger partial charge in [0.1, 0.15) is 5.69 Å². The molecule has 0 aromatic carbocycles. The Bertz CT molecular complexity index is 423. The van der Waals surface area contributed by atoms with Gasteiger partial charge in [0, 0.05) is 28.4 Å². The number of amides is 1. The number of fused-ring (bicyclic) bond motifs is 2. The molecular formula is C12H17ClIN3O. The van der Waals surface area contributed by atoms with Crippen LogP contribution in [-0.4, -0.2) is 41.0 Å². The van der Waals surface area contributed by atoms with Crippen LogP contribution in [0.1, 0.15) is 29.8 Å². The summed E-state index contributed by atoms with van der Waals surface area (Å²) in [6.07, 6.45) is 5.27. The Morgan fingerprint density at radius 2 is 2.11 bits per heavy atom. The van der Waals surface area contributed by atoms with E-state index in [1.54, 1.807) is 0 Å². The largest absolute Gasteiger partial charge is 0.356 e. The fourth-order valence-electron chi connectivity index (χ4n) is 2.94. The SMILES string of the molecule is Cl.O=C(c1cc(I)c[nH]1)N1C2CCNCC1CC2. The van der Waals surface area contributed by atoms with E-state index in [-0.39, 0.29) is 18.3 Å². The fraction of sp³-hybridized carbons (Fsp3) is 0.583. The van der Waals surface area contributed by atoms with Gasteiger partial charge in [-0.15, -0.1) is 12.4 Å². The van der Waals surface area contributed by atoms with Crippen LogP contribution in [0.3, 0.4) is 0 Å². The van der Waals surface area contributed by atoms with Crippen molar-refractivity contribution >= 4 is 40.9 Å².